The van der Waals surface area contributed by atoms with Crippen LogP contribution in [0.5, 0.6) is 0 Å². The normalized spacial score (nSPS) is 23.8. The van der Waals surface area contributed by atoms with Crippen molar-refractivity contribution in [3.05, 3.63) is 58.3 Å². The van der Waals surface area contributed by atoms with Crippen molar-refractivity contribution < 1.29 is 4.79 Å². The summed E-state index contributed by atoms with van der Waals surface area (Å²) in [6.07, 6.45) is 2.71. The molecule has 27 heavy (non-hydrogen) atoms. The molecule has 2 bridgehead atoms. The monoisotopic (exact) mass is 364 g/mol. The molecule has 1 amide bonds. The van der Waals surface area contributed by atoms with Gasteiger partial charge in [0.25, 0.3) is 11.5 Å². The lowest BCUT2D eigenvalue weighted by Gasteiger charge is -2.43. The van der Waals surface area contributed by atoms with Gasteiger partial charge in [0.1, 0.15) is 5.69 Å². The second-order valence-corrected chi connectivity index (χ2v) is 7.29. The number of hydrogen-bond donors (Lipinski definition) is 3. The standard InChI is InChI=1S/C19H20N6O2/c26-17-3-1-2-15-12-6-13(8-20-7-12)16(25(15)17)10-21-19(27)14-5-4-11-9-22-24-18(11)23-14/h1-5,9,12-13,16,20H,6-8,10H2,(H,21,27)(H,22,23,24)/t12-,13+,16+/m1/s1. The quantitative estimate of drug-likeness (QED) is 0.638. The second kappa shape index (κ2) is 6.31. The van der Waals surface area contributed by atoms with E-state index in [1.54, 1.807) is 18.3 Å². The van der Waals surface area contributed by atoms with Crippen LogP contribution in [0, 0.1) is 5.92 Å². The van der Waals surface area contributed by atoms with Gasteiger partial charge in [-0.25, -0.2) is 4.98 Å². The molecule has 3 N–H and O–H groups in total. The van der Waals surface area contributed by atoms with E-state index >= 15 is 0 Å². The van der Waals surface area contributed by atoms with Gasteiger partial charge in [0, 0.05) is 42.7 Å². The van der Waals surface area contributed by atoms with Gasteiger partial charge in [-0.2, -0.15) is 5.10 Å². The highest BCUT2D eigenvalue weighted by atomic mass is 16.2. The highest BCUT2D eigenvalue weighted by molar-refractivity contribution is 5.94. The van der Waals surface area contributed by atoms with Gasteiger partial charge in [-0.1, -0.05) is 6.07 Å². The fraction of sp³-hybridized carbons (Fsp3) is 0.368. The fourth-order valence-electron chi connectivity index (χ4n) is 4.41. The van der Waals surface area contributed by atoms with Crippen molar-refractivity contribution in [1.29, 1.82) is 0 Å². The molecule has 8 heteroatoms. The topological polar surface area (TPSA) is 105 Å². The van der Waals surface area contributed by atoms with Crippen molar-refractivity contribution in [1.82, 2.24) is 30.4 Å². The average Bonchev–Trinajstić information content (AvgIpc) is 3.16. The molecule has 2 aliphatic heterocycles. The summed E-state index contributed by atoms with van der Waals surface area (Å²) in [5.74, 6) is 0.427. The van der Waals surface area contributed by atoms with E-state index in [1.807, 2.05) is 22.8 Å². The molecule has 2 aliphatic rings. The fourth-order valence-corrected chi connectivity index (χ4v) is 4.41. The lowest BCUT2D eigenvalue weighted by molar-refractivity contribution is 0.0927. The van der Waals surface area contributed by atoms with E-state index in [-0.39, 0.29) is 17.5 Å². The van der Waals surface area contributed by atoms with E-state index in [1.165, 1.54) is 0 Å². The first kappa shape index (κ1) is 16.2. The van der Waals surface area contributed by atoms with Crippen LogP contribution in [-0.2, 0) is 0 Å². The van der Waals surface area contributed by atoms with Gasteiger partial charge in [-0.3, -0.25) is 14.7 Å². The third kappa shape index (κ3) is 2.73. The van der Waals surface area contributed by atoms with Crippen LogP contribution < -0.4 is 16.2 Å². The first-order chi connectivity index (χ1) is 13.2. The summed E-state index contributed by atoms with van der Waals surface area (Å²) in [4.78, 5) is 29.5. The summed E-state index contributed by atoms with van der Waals surface area (Å²) in [6.45, 7) is 2.15. The number of nitrogens with zero attached hydrogens (tertiary/aromatic N) is 3. The third-order valence-electron chi connectivity index (χ3n) is 5.70. The molecule has 8 nitrogen and oxygen atoms in total. The molecule has 3 aromatic heterocycles. The Morgan fingerprint density at radius 3 is 3.11 bits per heavy atom. The zero-order valence-electron chi connectivity index (χ0n) is 14.7. The minimum absolute atomic E-state index is 0.000327. The Hall–Kier alpha value is -3.00. The van der Waals surface area contributed by atoms with Gasteiger partial charge in [0.05, 0.1) is 12.2 Å². The number of H-pyrrole nitrogens is 1. The molecule has 5 heterocycles. The highest BCUT2D eigenvalue weighted by Gasteiger charge is 2.37. The Bertz CT molecular complexity index is 1070. The maximum Gasteiger partial charge on any atom is 0.270 e. The smallest absolute Gasteiger partial charge is 0.270 e. The van der Waals surface area contributed by atoms with Crippen molar-refractivity contribution in [2.75, 3.05) is 19.6 Å². The van der Waals surface area contributed by atoms with E-state index in [4.69, 9.17) is 0 Å². The number of nitrogens with one attached hydrogen (secondary N) is 3. The van der Waals surface area contributed by atoms with Crippen LogP contribution in [0.3, 0.4) is 0 Å². The molecule has 0 unspecified atom stereocenters. The number of fused-ring (bicyclic) bond motifs is 5. The number of rotatable bonds is 3. The molecule has 0 radical (unpaired) electrons. The maximum absolute atomic E-state index is 12.6. The van der Waals surface area contributed by atoms with Crippen LogP contribution in [0.4, 0.5) is 0 Å². The minimum Gasteiger partial charge on any atom is -0.349 e. The van der Waals surface area contributed by atoms with E-state index in [9.17, 15) is 9.59 Å². The zero-order chi connectivity index (χ0) is 18.4. The molecule has 1 fully saturated rings. The highest BCUT2D eigenvalue weighted by Crippen LogP contribution is 2.38. The van der Waals surface area contributed by atoms with E-state index in [2.05, 4.69) is 25.8 Å². The predicted molar refractivity (Wildman–Crippen MR) is 99.7 cm³/mol. The lowest BCUT2D eigenvalue weighted by Crippen LogP contribution is -2.50. The first-order valence-corrected chi connectivity index (χ1v) is 9.21. The molecule has 0 aliphatic carbocycles. The van der Waals surface area contributed by atoms with E-state index in [0.29, 0.717) is 29.7 Å². The molecular formula is C19H20N6O2. The van der Waals surface area contributed by atoms with Crippen LogP contribution >= 0.6 is 0 Å². The predicted octanol–water partition coefficient (Wildman–Crippen LogP) is 0.797. The Morgan fingerprint density at radius 2 is 2.19 bits per heavy atom. The number of pyridine rings is 2. The average molecular weight is 364 g/mol. The molecule has 3 aromatic rings. The molecule has 0 saturated carbocycles. The number of aromatic nitrogens is 4. The summed E-state index contributed by atoms with van der Waals surface area (Å²) < 4.78 is 1.88. The van der Waals surface area contributed by atoms with Gasteiger partial charge in [0.15, 0.2) is 5.65 Å². The van der Waals surface area contributed by atoms with Gasteiger partial charge in [-0.05, 0) is 30.5 Å². The molecule has 138 valence electrons. The van der Waals surface area contributed by atoms with Crippen LogP contribution in [-0.4, -0.2) is 45.3 Å². The van der Waals surface area contributed by atoms with Crippen molar-refractivity contribution in [2.24, 2.45) is 5.92 Å². The zero-order valence-corrected chi connectivity index (χ0v) is 14.7. The summed E-state index contributed by atoms with van der Waals surface area (Å²) in [5.41, 5.74) is 1.98. The van der Waals surface area contributed by atoms with Gasteiger partial charge in [0.2, 0.25) is 0 Å². The summed E-state index contributed by atoms with van der Waals surface area (Å²) >= 11 is 0. The van der Waals surface area contributed by atoms with Gasteiger partial charge >= 0.3 is 0 Å². The first-order valence-electron chi connectivity index (χ1n) is 9.21. The lowest BCUT2D eigenvalue weighted by atomic mass is 9.79. The summed E-state index contributed by atoms with van der Waals surface area (Å²) in [6, 6.07) is 8.89. The summed E-state index contributed by atoms with van der Waals surface area (Å²) in [7, 11) is 0. The van der Waals surface area contributed by atoms with Gasteiger partial charge < -0.3 is 15.2 Å². The van der Waals surface area contributed by atoms with E-state index < -0.39 is 0 Å². The third-order valence-corrected chi connectivity index (χ3v) is 5.70. The molecule has 0 aromatic carbocycles. The van der Waals surface area contributed by atoms with Crippen molar-refractivity contribution in [2.45, 2.75) is 18.4 Å². The Morgan fingerprint density at radius 1 is 1.26 bits per heavy atom. The number of amides is 1. The molecule has 1 saturated heterocycles. The number of carbonyl (C=O) groups excluding carboxylic acids is 1. The molecular weight excluding hydrogens is 344 g/mol. The van der Waals surface area contributed by atoms with Gasteiger partial charge in [-0.15, -0.1) is 0 Å². The van der Waals surface area contributed by atoms with Crippen molar-refractivity contribution >= 4 is 16.9 Å². The molecule has 0 spiro atoms. The van der Waals surface area contributed by atoms with Crippen LogP contribution in [0.25, 0.3) is 11.0 Å². The number of piperidine rings is 1. The Balaban J connectivity index is 1.40. The number of hydrogen-bond acceptors (Lipinski definition) is 5. The van der Waals surface area contributed by atoms with E-state index in [0.717, 1.165) is 30.6 Å². The summed E-state index contributed by atoms with van der Waals surface area (Å²) in [5, 5.41) is 14.0. The Labute approximate surface area is 155 Å². The largest absolute Gasteiger partial charge is 0.349 e. The second-order valence-electron chi connectivity index (χ2n) is 7.29. The van der Waals surface area contributed by atoms with Crippen LogP contribution in [0.15, 0.2) is 41.3 Å². The van der Waals surface area contributed by atoms with Crippen LogP contribution in [0.1, 0.15) is 34.6 Å². The molecule has 5 rings (SSSR count). The van der Waals surface area contributed by atoms with Crippen molar-refractivity contribution in [3.8, 4) is 0 Å². The number of aromatic amines is 1. The van der Waals surface area contributed by atoms with Crippen molar-refractivity contribution in [3.63, 3.8) is 0 Å². The minimum atomic E-state index is -0.247. The Kier molecular flexibility index (Phi) is 3.78. The number of carbonyl (C=O) groups is 1. The maximum atomic E-state index is 12.6. The molecule has 3 atom stereocenters. The van der Waals surface area contributed by atoms with Crippen LogP contribution in [0.2, 0.25) is 0 Å². The SMILES string of the molecule is O=C(NC[C@H]1[C@@H]2CNC[C@@H](C2)c2cccc(=O)n21)c1ccc2cn[nH]c2n1.